The maximum Gasteiger partial charge on any atom is 0.252 e. The van der Waals surface area contributed by atoms with E-state index in [1.165, 1.54) is 16.0 Å². The summed E-state index contributed by atoms with van der Waals surface area (Å²) >= 11 is 1.72. The average molecular weight is 389 g/mol. The molecule has 4 heterocycles. The number of rotatable bonds is 4. The molecule has 0 aliphatic carbocycles. The summed E-state index contributed by atoms with van der Waals surface area (Å²) in [5, 5.41) is 9.36. The summed E-state index contributed by atoms with van der Waals surface area (Å²) in [6.07, 6.45) is 3.16. The summed E-state index contributed by atoms with van der Waals surface area (Å²) in [4.78, 5) is 18.9. The number of hydrogen-bond donors (Lipinski definition) is 1. The van der Waals surface area contributed by atoms with Gasteiger partial charge in [0.25, 0.3) is 5.91 Å². The molecule has 2 aromatic heterocycles. The van der Waals surface area contributed by atoms with E-state index in [1.54, 1.807) is 11.3 Å². The first-order chi connectivity index (χ1) is 13.0. The lowest BCUT2D eigenvalue weighted by Gasteiger charge is -2.30. The van der Waals surface area contributed by atoms with Gasteiger partial charge in [0.1, 0.15) is 5.76 Å². The summed E-state index contributed by atoms with van der Waals surface area (Å²) in [6.45, 7) is 8.75. The predicted molar refractivity (Wildman–Crippen MR) is 106 cm³/mol. The van der Waals surface area contributed by atoms with Gasteiger partial charge in [-0.25, -0.2) is 0 Å². The van der Waals surface area contributed by atoms with Crippen molar-refractivity contribution < 1.29 is 9.32 Å². The van der Waals surface area contributed by atoms with Crippen molar-refractivity contribution in [2.45, 2.75) is 52.2 Å². The zero-order valence-corrected chi connectivity index (χ0v) is 17.2. The highest BCUT2D eigenvalue weighted by Gasteiger charge is 2.27. The topological polar surface area (TPSA) is 61.6 Å². The SMILES string of the molecule is Cc1noc(C)c1CN1CCc2c(C(=O)NC3CCCN(C)C3)csc2C1. The molecule has 0 spiro atoms. The summed E-state index contributed by atoms with van der Waals surface area (Å²) in [7, 11) is 2.12. The molecule has 27 heavy (non-hydrogen) atoms. The van der Waals surface area contributed by atoms with E-state index in [2.05, 4.69) is 27.3 Å². The second-order valence-corrected chi connectivity index (χ2v) is 8.85. The number of thiophene rings is 1. The van der Waals surface area contributed by atoms with Crippen LogP contribution >= 0.6 is 11.3 Å². The Morgan fingerprint density at radius 3 is 3.00 bits per heavy atom. The van der Waals surface area contributed by atoms with Gasteiger partial charge in [0.15, 0.2) is 0 Å². The Labute approximate surface area is 164 Å². The minimum absolute atomic E-state index is 0.104. The molecule has 6 nitrogen and oxygen atoms in total. The van der Waals surface area contributed by atoms with Gasteiger partial charge in [0, 0.05) is 48.0 Å². The number of nitrogens with one attached hydrogen (secondary N) is 1. The molecule has 4 rings (SSSR count). The Bertz CT molecular complexity index is 809. The molecule has 2 aromatic rings. The first kappa shape index (κ1) is 18.7. The Morgan fingerprint density at radius 2 is 2.26 bits per heavy atom. The van der Waals surface area contributed by atoms with Gasteiger partial charge in [-0.05, 0) is 52.3 Å². The van der Waals surface area contributed by atoms with Crippen LogP contribution in [0.1, 0.15) is 50.7 Å². The van der Waals surface area contributed by atoms with Crippen molar-refractivity contribution in [3.63, 3.8) is 0 Å². The number of likely N-dealkylation sites (N-methyl/N-ethyl adjacent to an activating group) is 1. The zero-order chi connectivity index (χ0) is 19.0. The first-order valence-electron chi connectivity index (χ1n) is 9.74. The van der Waals surface area contributed by atoms with Gasteiger partial charge in [-0.3, -0.25) is 9.69 Å². The van der Waals surface area contributed by atoms with Crippen LogP contribution in [0.5, 0.6) is 0 Å². The summed E-state index contributed by atoms with van der Waals surface area (Å²) < 4.78 is 5.29. The van der Waals surface area contributed by atoms with Crippen LogP contribution in [0.15, 0.2) is 9.90 Å². The number of carbonyl (C=O) groups is 1. The van der Waals surface area contributed by atoms with Crippen molar-refractivity contribution in [2.24, 2.45) is 0 Å². The minimum atomic E-state index is 0.104. The zero-order valence-electron chi connectivity index (χ0n) is 16.4. The Hall–Kier alpha value is -1.70. The standard InChI is InChI=1S/C20H28N4O2S/c1-13-17(14(2)26-22-13)10-24-8-6-16-18(12-27-19(16)11-24)20(25)21-15-5-4-7-23(3)9-15/h12,15H,4-11H2,1-3H3,(H,21,25). The number of fused-ring (bicyclic) bond motifs is 1. The fraction of sp³-hybridized carbons (Fsp3) is 0.600. The molecule has 1 amide bonds. The molecule has 1 N–H and O–H groups in total. The third-order valence-corrected chi connectivity index (χ3v) is 6.81. The van der Waals surface area contributed by atoms with E-state index in [9.17, 15) is 4.79 Å². The number of aromatic nitrogens is 1. The number of piperidine rings is 1. The molecule has 0 aromatic carbocycles. The van der Waals surface area contributed by atoms with E-state index >= 15 is 0 Å². The molecule has 1 unspecified atom stereocenters. The van der Waals surface area contributed by atoms with E-state index in [0.717, 1.165) is 69.0 Å². The van der Waals surface area contributed by atoms with Gasteiger partial charge >= 0.3 is 0 Å². The highest BCUT2D eigenvalue weighted by atomic mass is 32.1. The van der Waals surface area contributed by atoms with Crippen LogP contribution in [-0.2, 0) is 19.5 Å². The van der Waals surface area contributed by atoms with Crippen molar-refractivity contribution in [3.05, 3.63) is 38.4 Å². The molecule has 1 fully saturated rings. The Kier molecular flexibility index (Phi) is 5.34. The van der Waals surface area contributed by atoms with Gasteiger partial charge in [0.05, 0.1) is 11.3 Å². The second kappa shape index (κ2) is 7.73. The summed E-state index contributed by atoms with van der Waals surface area (Å²) in [5.74, 6) is 1.01. The van der Waals surface area contributed by atoms with Crippen molar-refractivity contribution in [1.82, 2.24) is 20.3 Å². The number of hydrogen-bond acceptors (Lipinski definition) is 6. The highest BCUT2D eigenvalue weighted by Crippen LogP contribution is 2.30. The molecule has 0 saturated carbocycles. The van der Waals surface area contributed by atoms with E-state index in [0.29, 0.717) is 0 Å². The Morgan fingerprint density at radius 1 is 1.41 bits per heavy atom. The molecule has 1 atom stereocenters. The molecular weight excluding hydrogens is 360 g/mol. The Balaban J connectivity index is 1.41. The molecule has 146 valence electrons. The van der Waals surface area contributed by atoms with E-state index in [1.807, 2.05) is 19.2 Å². The van der Waals surface area contributed by atoms with Crippen LogP contribution < -0.4 is 5.32 Å². The second-order valence-electron chi connectivity index (χ2n) is 7.89. The van der Waals surface area contributed by atoms with Gasteiger partial charge in [-0.15, -0.1) is 11.3 Å². The van der Waals surface area contributed by atoms with Gasteiger partial charge in [-0.1, -0.05) is 5.16 Å². The fourth-order valence-corrected chi connectivity index (χ4v) is 5.33. The smallest absolute Gasteiger partial charge is 0.252 e. The molecular formula is C20H28N4O2S. The van der Waals surface area contributed by atoms with Crippen molar-refractivity contribution >= 4 is 17.2 Å². The highest BCUT2D eigenvalue weighted by molar-refractivity contribution is 7.10. The molecule has 0 bridgehead atoms. The number of aryl methyl sites for hydroxylation is 2. The molecule has 2 aliphatic heterocycles. The normalized spacial score (nSPS) is 21.2. The van der Waals surface area contributed by atoms with Crippen molar-refractivity contribution in [2.75, 3.05) is 26.7 Å². The van der Waals surface area contributed by atoms with Crippen LogP contribution in [0, 0.1) is 13.8 Å². The van der Waals surface area contributed by atoms with E-state index in [4.69, 9.17) is 4.52 Å². The molecule has 1 saturated heterocycles. The number of amides is 1. The number of nitrogens with zero attached hydrogens (tertiary/aromatic N) is 3. The number of likely N-dealkylation sites (tertiary alicyclic amines) is 1. The van der Waals surface area contributed by atoms with E-state index in [-0.39, 0.29) is 11.9 Å². The lowest BCUT2D eigenvalue weighted by molar-refractivity contribution is 0.0911. The van der Waals surface area contributed by atoms with Crippen LogP contribution in [0.25, 0.3) is 0 Å². The monoisotopic (exact) mass is 388 g/mol. The van der Waals surface area contributed by atoms with Crippen molar-refractivity contribution in [3.8, 4) is 0 Å². The lowest BCUT2D eigenvalue weighted by atomic mass is 10.0. The largest absolute Gasteiger partial charge is 0.361 e. The predicted octanol–water partition coefficient (Wildman–Crippen LogP) is 2.74. The van der Waals surface area contributed by atoms with Crippen LogP contribution in [0.3, 0.4) is 0 Å². The van der Waals surface area contributed by atoms with Crippen LogP contribution in [-0.4, -0.2) is 53.6 Å². The summed E-state index contributed by atoms with van der Waals surface area (Å²) in [5.41, 5.74) is 4.30. The molecule has 2 aliphatic rings. The fourth-order valence-electron chi connectivity index (χ4n) is 4.21. The van der Waals surface area contributed by atoms with E-state index < -0.39 is 0 Å². The van der Waals surface area contributed by atoms with Gasteiger partial charge in [0.2, 0.25) is 0 Å². The van der Waals surface area contributed by atoms with Crippen molar-refractivity contribution in [1.29, 1.82) is 0 Å². The molecule has 7 heteroatoms. The molecule has 0 radical (unpaired) electrons. The van der Waals surface area contributed by atoms with Gasteiger partial charge in [-0.2, -0.15) is 0 Å². The van der Waals surface area contributed by atoms with Crippen LogP contribution in [0.4, 0.5) is 0 Å². The third kappa shape index (κ3) is 3.95. The quantitative estimate of drug-likeness (QED) is 0.873. The van der Waals surface area contributed by atoms with Crippen LogP contribution in [0.2, 0.25) is 0 Å². The average Bonchev–Trinajstić information content (AvgIpc) is 3.20. The third-order valence-electron chi connectivity index (χ3n) is 5.79. The lowest BCUT2D eigenvalue weighted by Crippen LogP contribution is -2.46. The van der Waals surface area contributed by atoms with Gasteiger partial charge < -0.3 is 14.7 Å². The minimum Gasteiger partial charge on any atom is -0.361 e. The summed E-state index contributed by atoms with van der Waals surface area (Å²) in [6, 6.07) is 0.270. The maximum absolute atomic E-state index is 12.8. The first-order valence-corrected chi connectivity index (χ1v) is 10.6. The number of carbonyl (C=O) groups excluding carboxylic acids is 1. The maximum atomic E-state index is 12.8.